The third kappa shape index (κ3) is 4.73. The van der Waals surface area contributed by atoms with Gasteiger partial charge in [0.25, 0.3) is 5.91 Å². The molecule has 1 N–H and O–H groups in total. The number of hydrogen-bond donors (Lipinski definition) is 1. The summed E-state index contributed by atoms with van der Waals surface area (Å²) in [4.78, 5) is 14.1. The van der Waals surface area contributed by atoms with E-state index in [-0.39, 0.29) is 17.8 Å². The summed E-state index contributed by atoms with van der Waals surface area (Å²) in [5.74, 6) is 0.171. The van der Waals surface area contributed by atoms with E-state index in [2.05, 4.69) is 15.5 Å². The largest absolute Gasteiger partial charge is 0.381 e. The van der Waals surface area contributed by atoms with Gasteiger partial charge in [0.1, 0.15) is 5.82 Å². The molecule has 3 rings (SSSR count). The molecule has 2 aromatic rings. The van der Waals surface area contributed by atoms with Crippen LogP contribution in [0.4, 0.5) is 10.2 Å². The Balaban J connectivity index is 1.58. The summed E-state index contributed by atoms with van der Waals surface area (Å²) in [6.45, 7) is 1.91. The van der Waals surface area contributed by atoms with Gasteiger partial charge in [-0.1, -0.05) is 12.1 Å². The molecule has 1 aliphatic rings. The van der Waals surface area contributed by atoms with E-state index in [1.165, 1.54) is 12.1 Å². The fraction of sp³-hybridized carbons (Fsp3) is 0.389. The molecule has 1 aromatic heterocycles. The number of hydrogen-bond acceptors (Lipinski definition) is 5. The van der Waals surface area contributed by atoms with Crippen molar-refractivity contribution in [3.63, 3.8) is 0 Å². The molecule has 6 nitrogen and oxygen atoms in total. The van der Waals surface area contributed by atoms with E-state index in [0.29, 0.717) is 31.3 Å². The molecule has 1 saturated heterocycles. The van der Waals surface area contributed by atoms with Crippen LogP contribution in [0.15, 0.2) is 36.4 Å². The summed E-state index contributed by atoms with van der Waals surface area (Å²) >= 11 is 0. The van der Waals surface area contributed by atoms with E-state index < -0.39 is 0 Å². The zero-order valence-electron chi connectivity index (χ0n) is 14.1. The van der Waals surface area contributed by atoms with E-state index in [9.17, 15) is 9.18 Å². The Morgan fingerprint density at radius 3 is 2.56 bits per heavy atom. The second-order valence-electron chi connectivity index (χ2n) is 6.12. The summed E-state index contributed by atoms with van der Waals surface area (Å²) in [7, 11) is 1.87. The molecule has 0 unspecified atom stereocenters. The zero-order valence-corrected chi connectivity index (χ0v) is 14.1. The Hall–Kier alpha value is -2.54. The first-order chi connectivity index (χ1) is 12.1. The van der Waals surface area contributed by atoms with Crippen molar-refractivity contribution in [1.82, 2.24) is 15.5 Å². The van der Waals surface area contributed by atoms with Crippen molar-refractivity contribution in [3.8, 4) is 0 Å². The molecule has 0 saturated carbocycles. The number of ether oxygens (including phenoxy) is 1. The molecular formula is C18H21FN4O2. The first-order valence-electron chi connectivity index (χ1n) is 8.30. The third-order valence-corrected chi connectivity index (χ3v) is 4.16. The zero-order chi connectivity index (χ0) is 17.6. The van der Waals surface area contributed by atoms with Crippen LogP contribution in [0.3, 0.4) is 0 Å². The van der Waals surface area contributed by atoms with Crippen molar-refractivity contribution >= 4 is 11.7 Å². The minimum Gasteiger partial charge on any atom is -0.381 e. The first kappa shape index (κ1) is 17.3. The summed E-state index contributed by atoms with van der Waals surface area (Å²) in [6.07, 6.45) is 1.63. The number of aromatic nitrogens is 2. The third-order valence-electron chi connectivity index (χ3n) is 4.16. The molecule has 1 aliphatic heterocycles. The summed E-state index contributed by atoms with van der Waals surface area (Å²) in [5.41, 5.74) is 1.26. The highest BCUT2D eigenvalue weighted by atomic mass is 19.1. The van der Waals surface area contributed by atoms with Gasteiger partial charge in [0.05, 0.1) is 0 Å². The van der Waals surface area contributed by atoms with Crippen molar-refractivity contribution in [2.45, 2.75) is 25.4 Å². The Kier molecular flexibility index (Phi) is 5.55. The standard InChI is InChI=1S/C18H21FN4O2/c1-23(12-13-2-4-14(19)5-3-13)17-7-6-16(21-22-17)18(24)20-15-8-10-25-11-9-15/h2-7,15H,8-12H2,1H3,(H,20,24). The lowest BCUT2D eigenvalue weighted by molar-refractivity contribution is 0.0693. The number of rotatable bonds is 5. The van der Waals surface area contributed by atoms with Crippen molar-refractivity contribution in [1.29, 1.82) is 0 Å². The lowest BCUT2D eigenvalue weighted by Crippen LogP contribution is -2.39. The summed E-state index contributed by atoms with van der Waals surface area (Å²) in [5, 5.41) is 11.1. The van der Waals surface area contributed by atoms with Crippen molar-refractivity contribution in [2.24, 2.45) is 0 Å². The van der Waals surface area contributed by atoms with Gasteiger partial charge in [-0.2, -0.15) is 0 Å². The Labute approximate surface area is 146 Å². The maximum atomic E-state index is 13.0. The van der Waals surface area contributed by atoms with Gasteiger partial charge in [-0.05, 0) is 42.7 Å². The second-order valence-corrected chi connectivity index (χ2v) is 6.12. The molecule has 1 aromatic carbocycles. The van der Waals surface area contributed by atoms with Crippen molar-refractivity contribution in [3.05, 3.63) is 53.5 Å². The Morgan fingerprint density at radius 2 is 1.92 bits per heavy atom. The van der Waals surface area contributed by atoms with Gasteiger partial charge in [-0.3, -0.25) is 4.79 Å². The number of carbonyl (C=O) groups excluding carboxylic acids is 1. The van der Waals surface area contributed by atoms with Crippen LogP contribution in [-0.4, -0.2) is 42.4 Å². The average molecular weight is 344 g/mol. The maximum absolute atomic E-state index is 13.0. The highest BCUT2D eigenvalue weighted by Crippen LogP contribution is 2.13. The molecule has 25 heavy (non-hydrogen) atoms. The van der Waals surface area contributed by atoms with Crippen LogP contribution in [0.2, 0.25) is 0 Å². The molecule has 1 amide bonds. The predicted octanol–water partition coefficient (Wildman–Crippen LogP) is 2.16. The predicted molar refractivity (Wildman–Crippen MR) is 91.8 cm³/mol. The molecule has 0 spiro atoms. The smallest absolute Gasteiger partial charge is 0.272 e. The van der Waals surface area contributed by atoms with Crippen LogP contribution in [0.5, 0.6) is 0 Å². The van der Waals surface area contributed by atoms with Gasteiger partial charge >= 0.3 is 0 Å². The van der Waals surface area contributed by atoms with E-state index in [1.54, 1.807) is 24.3 Å². The summed E-state index contributed by atoms with van der Waals surface area (Å²) in [6, 6.07) is 9.87. The Morgan fingerprint density at radius 1 is 1.20 bits per heavy atom. The number of nitrogens with one attached hydrogen (secondary N) is 1. The molecule has 2 heterocycles. The lowest BCUT2D eigenvalue weighted by atomic mass is 10.1. The van der Waals surface area contributed by atoms with Gasteiger partial charge in [-0.25, -0.2) is 4.39 Å². The van der Waals surface area contributed by atoms with E-state index in [4.69, 9.17) is 4.74 Å². The number of benzene rings is 1. The van der Waals surface area contributed by atoms with Crippen LogP contribution in [0, 0.1) is 5.82 Å². The Bertz CT molecular complexity index is 700. The molecule has 0 radical (unpaired) electrons. The van der Waals surface area contributed by atoms with E-state index >= 15 is 0 Å². The monoisotopic (exact) mass is 344 g/mol. The SMILES string of the molecule is CN(Cc1ccc(F)cc1)c1ccc(C(=O)NC2CCOCC2)nn1. The van der Waals surface area contributed by atoms with E-state index in [1.807, 2.05) is 11.9 Å². The average Bonchev–Trinajstić information content (AvgIpc) is 2.64. The normalized spacial score (nSPS) is 15.0. The number of halogens is 1. The van der Waals surface area contributed by atoms with Gasteiger partial charge in [-0.15, -0.1) is 10.2 Å². The first-order valence-corrected chi connectivity index (χ1v) is 8.30. The van der Waals surface area contributed by atoms with Crippen molar-refractivity contribution < 1.29 is 13.9 Å². The topological polar surface area (TPSA) is 67.4 Å². The van der Waals surface area contributed by atoms with Crippen LogP contribution < -0.4 is 10.2 Å². The van der Waals surface area contributed by atoms with Gasteiger partial charge < -0.3 is 15.0 Å². The van der Waals surface area contributed by atoms with Crippen LogP contribution >= 0.6 is 0 Å². The molecule has 7 heteroatoms. The van der Waals surface area contributed by atoms with Crippen LogP contribution in [-0.2, 0) is 11.3 Å². The summed E-state index contributed by atoms with van der Waals surface area (Å²) < 4.78 is 18.2. The molecule has 132 valence electrons. The molecule has 0 aliphatic carbocycles. The quantitative estimate of drug-likeness (QED) is 0.900. The van der Waals surface area contributed by atoms with Gasteiger partial charge in [0.15, 0.2) is 11.5 Å². The van der Waals surface area contributed by atoms with Gasteiger partial charge in [0, 0.05) is 32.8 Å². The van der Waals surface area contributed by atoms with Gasteiger partial charge in [0.2, 0.25) is 0 Å². The number of carbonyl (C=O) groups is 1. The van der Waals surface area contributed by atoms with Crippen LogP contribution in [0.1, 0.15) is 28.9 Å². The fourth-order valence-corrected chi connectivity index (χ4v) is 2.70. The number of anilines is 1. The van der Waals surface area contributed by atoms with Crippen molar-refractivity contribution in [2.75, 3.05) is 25.2 Å². The lowest BCUT2D eigenvalue weighted by Gasteiger charge is -2.23. The maximum Gasteiger partial charge on any atom is 0.272 e. The molecule has 0 atom stereocenters. The minimum atomic E-state index is -0.258. The number of nitrogens with zero attached hydrogens (tertiary/aromatic N) is 3. The van der Waals surface area contributed by atoms with Crippen LogP contribution in [0.25, 0.3) is 0 Å². The minimum absolute atomic E-state index is 0.129. The second kappa shape index (κ2) is 8.02. The fourth-order valence-electron chi connectivity index (χ4n) is 2.70. The highest BCUT2D eigenvalue weighted by Gasteiger charge is 2.18. The number of amides is 1. The molecule has 1 fully saturated rings. The molecule has 0 bridgehead atoms. The van der Waals surface area contributed by atoms with E-state index in [0.717, 1.165) is 18.4 Å². The molecular weight excluding hydrogens is 323 g/mol. The highest BCUT2D eigenvalue weighted by molar-refractivity contribution is 5.92.